The normalized spacial score (nSPS) is 10.7. The molecule has 0 aliphatic rings. The first-order valence-electron chi connectivity index (χ1n) is 8.41. The maximum absolute atomic E-state index is 12.9. The van der Waals surface area contributed by atoms with Crippen LogP contribution in [-0.4, -0.2) is 36.9 Å². The van der Waals surface area contributed by atoms with Gasteiger partial charge in [-0.15, -0.1) is 11.3 Å². The summed E-state index contributed by atoms with van der Waals surface area (Å²) in [7, 11) is 4.39. The molecule has 0 bridgehead atoms. The van der Waals surface area contributed by atoms with Crippen molar-refractivity contribution in [3.63, 3.8) is 0 Å². The lowest BCUT2D eigenvalue weighted by atomic mass is 10.2. The molecule has 1 aromatic carbocycles. The minimum Gasteiger partial charge on any atom is -0.505 e. The van der Waals surface area contributed by atoms with E-state index in [2.05, 4.69) is 5.32 Å². The summed E-state index contributed by atoms with van der Waals surface area (Å²) in [6.45, 7) is 2.17. The van der Waals surface area contributed by atoms with Gasteiger partial charge < -0.3 is 29.2 Å². The summed E-state index contributed by atoms with van der Waals surface area (Å²) in [5.74, 6) is 0.0141. The molecule has 2 N–H and O–H groups in total. The van der Waals surface area contributed by atoms with Gasteiger partial charge in [0.15, 0.2) is 17.2 Å². The van der Waals surface area contributed by atoms with Crippen LogP contribution in [-0.2, 0) is 6.54 Å². The van der Waals surface area contributed by atoms with E-state index in [0.717, 1.165) is 0 Å². The number of benzene rings is 1. The highest BCUT2D eigenvalue weighted by atomic mass is 32.1. The van der Waals surface area contributed by atoms with Crippen LogP contribution in [0.1, 0.15) is 17.3 Å². The molecule has 1 amide bonds. The molecule has 148 valence electrons. The number of anilines is 1. The first kappa shape index (κ1) is 19.6. The third-order valence-electron chi connectivity index (χ3n) is 4.31. The zero-order valence-corrected chi connectivity index (χ0v) is 16.7. The fourth-order valence-corrected chi connectivity index (χ4v) is 3.86. The molecule has 0 atom stereocenters. The standard InChI is InChI=1S/C19H20N2O6S/c1-5-21-11-6-7-28-17(11)15(22)14(19(21)24)18(23)20-10-8-12(25-2)16(27-4)13(9-10)26-3/h6-9,22H,5H2,1-4H3,(H,20,23). The third-order valence-corrected chi connectivity index (χ3v) is 5.22. The molecule has 0 aliphatic heterocycles. The Kier molecular flexibility index (Phi) is 5.46. The summed E-state index contributed by atoms with van der Waals surface area (Å²) in [5, 5.41) is 14.9. The Morgan fingerprint density at radius 1 is 1.18 bits per heavy atom. The fraction of sp³-hybridized carbons (Fsp3) is 0.263. The molecule has 0 unspecified atom stereocenters. The van der Waals surface area contributed by atoms with E-state index >= 15 is 0 Å². The topological polar surface area (TPSA) is 99.0 Å². The van der Waals surface area contributed by atoms with Gasteiger partial charge in [0.05, 0.1) is 31.5 Å². The number of carbonyl (C=O) groups excluding carboxylic acids is 1. The number of hydrogen-bond donors (Lipinski definition) is 2. The second-order valence-electron chi connectivity index (χ2n) is 5.78. The number of aromatic nitrogens is 1. The third kappa shape index (κ3) is 3.13. The maximum Gasteiger partial charge on any atom is 0.267 e. The molecule has 3 rings (SSSR count). The molecule has 0 saturated heterocycles. The van der Waals surface area contributed by atoms with E-state index < -0.39 is 11.5 Å². The summed E-state index contributed by atoms with van der Waals surface area (Å²) in [6, 6.07) is 4.82. The van der Waals surface area contributed by atoms with Crippen LogP contribution in [0.5, 0.6) is 23.0 Å². The maximum atomic E-state index is 12.9. The Morgan fingerprint density at radius 3 is 2.36 bits per heavy atom. The second-order valence-corrected chi connectivity index (χ2v) is 6.69. The first-order chi connectivity index (χ1) is 13.5. The van der Waals surface area contributed by atoms with Gasteiger partial charge >= 0.3 is 0 Å². The zero-order valence-electron chi connectivity index (χ0n) is 15.9. The quantitative estimate of drug-likeness (QED) is 0.655. The van der Waals surface area contributed by atoms with Crippen LogP contribution in [0, 0.1) is 0 Å². The molecule has 3 aromatic rings. The highest BCUT2D eigenvalue weighted by Gasteiger charge is 2.23. The van der Waals surface area contributed by atoms with E-state index in [4.69, 9.17) is 14.2 Å². The number of rotatable bonds is 6. The Labute approximate surface area is 164 Å². The average Bonchev–Trinajstić information content (AvgIpc) is 3.17. The van der Waals surface area contributed by atoms with E-state index in [0.29, 0.717) is 39.7 Å². The number of nitrogens with one attached hydrogen (secondary N) is 1. The van der Waals surface area contributed by atoms with E-state index in [1.165, 1.54) is 37.2 Å². The van der Waals surface area contributed by atoms with Crippen LogP contribution in [0.2, 0.25) is 0 Å². The molecular formula is C19H20N2O6S. The predicted molar refractivity (Wildman–Crippen MR) is 107 cm³/mol. The number of amides is 1. The summed E-state index contributed by atoms with van der Waals surface area (Å²) in [5.41, 5.74) is 0.0494. The van der Waals surface area contributed by atoms with E-state index in [9.17, 15) is 14.7 Å². The number of aryl methyl sites for hydroxylation is 1. The largest absolute Gasteiger partial charge is 0.505 e. The Morgan fingerprint density at radius 2 is 1.82 bits per heavy atom. The van der Waals surface area contributed by atoms with E-state index in [-0.39, 0.29) is 11.3 Å². The molecule has 9 heteroatoms. The average molecular weight is 404 g/mol. The van der Waals surface area contributed by atoms with Crippen molar-refractivity contribution in [2.24, 2.45) is 0 Å². The van der Waals surface area contributed by atoms with E-state index in [1.807, 2.05) is 0 Å². The molecular weight excluding hydrogens is 384 g/mol. The SMILES string of the molecule is CCn1c(=O)c(C(=O)Nc2cc(OC)c(OC)c(OC)c2)c(O)c2sccc21. The number of fused-ring (bicyclic) bond motifs is 1. The summed E-state index contributed by atoms with van der Waals surface area (Å²) < 4.78 is 17.7. The van der Waals surface area contributed by atoms with Gasteiger partial charge in [0, 0.05) is 24.4 Å². The summed E-state index contributed by atoms with van der Waals surface area (Å²) in [4.78, 5) is 25.6. The Bertz CT molecular complexity index is 1080. The van der Waals surface area contributed by atoms with Crippen molar-refractivity contribution in [2.45, 2.75) is 13.5 Å². The van der Waals surface area contributed by atoms with Crippen molar-refractivity contribution in [2.75, 3.05) is 26.6 Å². The molecule has 0 spiro atoms. The van der Waals surface area contributed by atoms with Crippen molar-refractivity contribution in [3.8, 4) is 23.0 Å². The Balaban J connectivity index is 2.08. The van der Waals surface area contributed by atoms with Crippen LogP contribution >= 0.6 is 11.3 Å². The molecule has 28 heavy (non-hydrogen) atoms. The number of methoxy groups -OCH3 is 3. The number of hydrogen-bond acceptors (Lipinski definition) is 7. The predicted octanol–water partition coefficient (Wildman–Crippen LogP) is 3.07. The van der Waals surface area contributed by atoms with Gasteiger partial charge in [-0.05, 0) is 18.4 Å². The van der Waals surface area contributed by atoms with Crippen molar-refractivity contribution in [1.29, 1.82) is 0 Å². The molecule has 2 aromatic heterocycles. The van der Waals surface area contributed by atoms with Crippen molar-refractivity contribution in [3.05, 3.63) is 39.5 Å². The molecule has 8 nitrogen and oxygen atoms in total. The van der Waals surface area contributed by atoms with Crippen molar-refractivity contribution in [1.82, 2.24) is 4.57 Å². The number of ether oxygens (including phenoxy) is 3. The summed E-state index contributed by atoms with van der Waals surface area (Å²) in [6.07, 6.45) is 0. The van der Waals surface area contributed by atoms with Crippen LogP contribution in [0.25, 0.3) is 10.2 Å². The molecule has 0 aliphatic carbocycles. The summed E-state index contributed by atoms with van der Waals surface area (Å²) >= 11 is 1.26. The van der Waals surface area contributed by atoms with Gasteiger partial charge in [-0.1, -0.05) is 0 Å². The smallest absolute Gasteiger partial charge is 0.267 e. The number of thiophene rings is 1. The lowest BCUT2D eigenvalue weighted by Crippen LogP contribution is -2.29. The molecule has 0 saturated carbocycles. The minimum absolute atomic E-state index is 0.314. The molecule has 0 fully saturated rings. The van der Waals surface area contributed by atoms with Gasteiger partial charge in [0.1, 0.15) is 5.56 Å². The second kappa shape index (κ2) is 7.81. The highest BCUT2D eigenvalue weighted by Crippen LogP contribution is 2.40. The highest BCUT2D eigenvalue weighted by molar-refractivity contribution is 7.17. The van der Waals surface area contributed by atoms with Gasteiger partial charge in [0.2, 0.25) is 5.75 Å². The molecule has 0 radical (unpaired) electrons. The molecule has 2 heterocycles. The zero-order chi connectivity index (χ0) is 20.4. The van der Waals surface area contributed by atoms with Crippen LogP contribution < -0.4 is 25.1 Å². The van der Waals surface area contributed by atoms with Crippen LogP contribution in [0.4, 0.5) is 5.69 Å². The number of pyridine rings is 1. The van der Waals surface area contributed by atoms with Crippen molar-refractivity contribution >= 4 is 33.1 Å². The monoisotopic (exact) mass is 404 g/mol. The number of nitrogens with zero attached hydrogens (tertiary/aromatic N) is 1. The minimum atomic E-state index is -0.728. The Hall–Kier alpha value is -3.20. The van der Waals surface area contributed by atoms with Crippen molar-refractivity contribution < 1.29 is 24.1 Å². The lowest BCUT2D eigenvalue weighted by molar-refractivity contribution is 0.102. The van der Waals surface area contributed by atoms with Gasteiger partial charge in [-0.2, -0.15) is 0 Å². The number of aromatic hydroxyl groups is 1. The fourth-order valence-electron chi connectivity index (χ4n) is 3.02. The first-order valence-corrected chi connectivity index (χ1v) is 9.29. The van der Waals surface area contributed by atoms with Crippen LogP contribution in [0.15, 0.2) is 28.4 Å². The lowest BCUT2D eigenvalue weighted by Gasteiger charge is -2.15. The van der Waals surface area contributed by atoms with Gasteiger partial charge in [0.25, 0.3) is 11.5 Å². The number of carbonyl (C=O) groups is 1. The van der Waals surface area contributed by atoms with Gasteiger partial charge in [-0.25, -0.2) is 0 Å². The van der Waals surface area contributed by atoms with Gasteiger partial charge in [-0.3, -0.25) is 9.59 Å². The van der Waals surface area contributed by atoms with E-state index in [1.54, 1.807) is 30.5 Å². The van der Waals surface area contributed by atoms with Crippen LogP contribution in [0.3, 0.4) is 0 Å².